The molecule has 0 spiro atoms. The van der Waals surface area contributed by atoms with Crippen molar-refractivity contribution in [1.82, 2.24) is 9.97 Å². The van der Waals surface area contributed by atoms with Crippen LogP contribution < -0.4 is 0 Å². The molecule has 6 heteroatoms. The molecular formula is C8H6ClN3O2. The Morgan fingerprint density at radius 2 is 2.21 bits per heavy atom. The van der Waals surface area contributed by atoms with E-state index in [0.29, 0.717) is 5.69 Å². The molecule has 1 rings (SSSR count). The summed E-state index contributed by atoms with van der Waals surface area (Å²) in [6, 6.07) is 1.72. The molecule has 1 aromatic heterocycles. The molecule has 0 unspecified atom stereocenters. The average Bonchev–Trinajstić information content (AvgIpc) is 2.20. The Bertz CT molecular complexity index is 425. The van der Waals surface area contributed by atoms with Crippen molar-refractivity contribution >= 4 is 17.6 Å². The van der Waals surface area contributed by atoms with Gasteiger partial charge in [0.25, 0.3) is 0 Å². The zero-order valence-corrected chi connectivity index (χ0v) is 8.29. The fraction of sp³-hybridized carbons (Fsp3) is 0.250. The van der Waals surface area contributed by atoms with Crippen LogP contribution in [0.3, 0.4) is 0 Å². The van der Waals surface area contributed by atoms with Crippen molar-refractivity contribution in [2.45, 2.75) is 6.92 Å². The lowest BCUT2D eigenvalue weighted by molar-refractivity contribution is 0.0593. The van der Waals surface area contributed by atoms with Gasteiger partial charge in [0.2, 0.25) is 0 Å². The molecule has 0 bridgehead atoms. The number of nitriles is 1. The number of halogens is 1. The second-order valence-electron chi connectivity index (χ2n) is 2.40. The molecule has 0 radical (unpaired) electrons. The summed E-state index contributed by atoms with van der Waals surface area (Å²) in [6.45, 7) is 1.59. The zero-order chi connectivity index (χ0) is 10.7. The summed E-state index contributed by atoms with van der Waals surface area (Å²) in [4.78, 5) is 18.7. The number of hydrogen-bond donors (Lipinski definition) is 0. The van der Waals surface area contributed by atoms with Gasteiger partial charge in [-0.2, -0.15) is 5.26 Å². The fourth-order valence-electron chi connectivity index (χ4n) is 0.816. The molecule has 72 valence electrons. The summed E-state index contributed by atoms with van der Waals surface area (Å²) >= 11 is 5.64. The zero-order valence-electron chi connectivity index (χ0n) is 7.54. The summed E-state index contributed by atoms with van der Waals surface area (Å²) in [7, 11) is 1.20. The lowest BCUT2D eigenvalue weighted by Gasteiger charge is -2.02. The van der Waals surface area contributed by atoms with E-state index in [-0.39, 0.29) is 16.5 Å². The lowest BCUT2D eigenvalue weighted by atomic mass is 10.3. The van der Waals surface area contributed by atoms with Gasteiger partial charge in [-0.15, -0.1) is 0 Å². The summed E-state index contributed by atoms with van der Waals surface area (Å²) in [6.07, 6.45) is 0. The van der Waals surface area contributed by atoms with Crippen molar-refractivity contribution < 1.29 is 9.53 Å². The van der Waals surface area contributed by atoms with Crippen LogP contribution in [-0.2, 0) is 4.74 Å². The van der Waals surface area contributed by atoms with Crippen LogP contribution in [0.15, 0.2) is 0 Å². The van der Waals surface area contributed by atoms with Crippen molar-refractivity contribution in [3.63, 3.8) is 0 Å². The Kier molecular flexibility index (Phi) is 2.99. The first-order chi connectivity index (χ1) is 6.60. The predicted octanol–water partition coefficient (Wildman–Crippen LogP) is 1.10. The second-order valence-corrected chi connectivity index (χ2v) is 2.76. The number of aromatic nitrogens is 2. The van der Waals surface area contributed by atoms with Gasteiger partial charge in [0, 0.05) is 0 Å². The minimum absolute atomic E-state index is 0.106. The van der Waals surface area contributed by atoms with Crippen molar-refractivity contribution in [1.29, 1.82) is 5.26 Å². The summed E-state index contributed by atoms with van der Waals surface area (Å²) in [5, 5.41) is 8.76. The summed E-state index contributed by atoms with van der Waals surface area (Å²) < 4.78 is 4.44. The van der Waals surface area contributed by atoms with E-state index in [2.05, 4.69) is 14.7 Å². The van der Waals surface area contributed by atoms with Crippen molar-refractivity contribution in [2.75, 3.05) is 7.11 Å². The minimum atomic E-state index is -0.700. The largest absolute Gasteiger partial charge is 0.464 e. The third-order valence-electron chi connectivity index (χ3n) is 1.50. The van der Waals surface area contributed by atoms with Gasteiger partial charge < -0.3 is 4.74 Å². The van der Waals surface area contributed by atoms with E-state index in [0.717, 1.165) is 0 Å². The molecule has 5 nitrogen and oxygen atoms in total. The minimum Gasteiger partial charge on any atom is -0.464 e. The molecule has 1 aromatic rings. The number of methoxy groups -OCH3 is 1. The fourth-order valence-corrected chi connectivity index (χ4v) is 0.943. The van der Waals surface area contributed by atoms with Crippen LogP contribution in [0.2, 0.25) is 5.15 Å². The number of esters is 1. The molecule has 0 aliphatic heterocycles. The highest BCUT2D eigenvalue weighted by Crippen LogP contribution is 2.13. The molecule has 14 heavy (non-hydrogen) atoms. The van der Waals surface area contributed by atoms with Gasteiger partial charge in [0.15, 0.2) is 16.5 Å². The number of carbonyl (C=O) groups excluding carboxylic acids is 1. The van der Waals surface area contributed by atoms with Crippen molar-refractivity contribution in [3.05, 3.63) is 22.2 Å². The van der Waals surface area contributed by atoms with E-state index in [1.54, 1.807) is 13.0 Å². The number of ether oxygens (including phenoxy) is 1. The molecule has 1 heterocycles. The number of carbonyl (C=O) groups is 1. The van der Waals surface area contributed by atoms with Crippen LogP contribution in [0.5, 0.6) is 0 Å². The molecule has 0 amide bonds. The first-order valence-electron chi connectivity index (χ1n) is 3.62. The van der Waals surface area contributed by atoms with E-state index >= 15 is 0 Å². The average molecular weight is 212 g/mol. The van der Waals surface area contributed by atoms with Gasteiger partial charge in [-0.25, -0.2) is 14.8 Å². The third-order valence-corrected chi connectivity index (χ3v) is 1.85. The highest BCUT2D eigenvalue weighted by molar-refractivity contribution is 6.30. The van der Waals surface area contributed by atoms with Crippen LogP contribution >= 0.6 is 11.6 Å². The van der Waals surface area contributed by atoms with Crippen LogP contribution in [0, 0.1) is 18.3 Å². The van der Waals surface area contributed by atoms with Gasteiger partial charge in [0.05, 0.1) is 12.8 Å². The third kappa shape index (κ3) is 1.80. The Labute approximate surface area is 85.3 Å². The monoisotopic (exact) mass is 211 g/mol. The molecule has 0 atom stereocenters. The van der Waals surface area contributed by atoms with Gasteiger partial charge >= 0.3 is 5.97 Å². The maximum Gasteiger partial charge on any atom is 0.359 e. The van der Waals surface area contributed by atoms with E-state index in [9.17, 15) is 4.79 Å². The second kappa shape index (κ2) is 4.03. The maximum atomic E-state index is 11.1. The number of aryl methyl sites for hydroxylation is 1. The van der Waals surface area contributed by atoms with Crippen LogP contribution in [0.25, 0.3) is 0 Å². The topological polar surface area (TPSA) is 75.9 Å². The summed E-state index contributed by atoms with van der Waals surface area (Å²) in [5.41, 5.74) is 0.135. The lowest BCUT2D eigenvalue weighted by Crippen LogP contribution is -2.10. The van der Waals surface area contributed by atoms with E-state index in [1.165, 1.54) is 7.11 Å². The van der Waals surface area contributed by atoms with E-state index in [1.807, 2.05) is 0 Å². The van der Waals surface area contributed by atoms with E-state index in [4.69, 9.17) is 16.9 Å². The molecule has 0 aliphatic carbocycles. The molecular weight excluding hydrogens is 206 g/mol. The van der Waals surface area contributed by atoms with E-state index < -0.39 is 5.97 Å². The standard InChI is InChI=1S/C8H6ClN3O2/c1-4-7(9)12-5(3-10)6(11-4)8(13)14-2/h1-2H3. The Hall–Kier alpha value is -1.67. The van der Waals surface area contributed by atoms with Gasteiger partial charge in [0.1, 0.15) is 6.07 Å². The van der Waals surface area contributed by atoms with Crippen molar-refractivity contribution in [3.8, 4) is 6.07 Å². The van der Waals surface area contributed by atoms with Crippen LogP contribution in [-0.4, -0.2) is 23.0 Å². The summed E-state index contributed by atoms with van der Waals surface area (Å²) in [5.74, 6) is -0.700. The molecule has 0 saturated heterocycles. The van der Waals surface area contributed by atoms with Crippen molar-refractivity contribution in [2.24, 2.45) is 0 Å². The Balaban J connectivity index is 3.36. The van der Waals surface area contributed by atoms with Crippen LogP contribution in [0.1, 0.15) is 21.9 Å². The Morgan fingerprint density at radius 1 is 1.57 bits per heavy atom. The highest BCUT2D eigenvalue weighted by Gasteiger charge is 2.17. The first kappa shape index (κ1) is 10.4. The Morgan fingerprint density at radius 3 is 2.71 bits per heavy atom. The maximum absolute atomic E-state index is 11.1. The van der Waals surface area contributed by atoms with Crippen LogP contribution in [0.4, 0.5) is 0 Å². The first-order valence-corrected chi connectivity index (χ1v) is 4.00. The number of nitrogens with zero attached hydrogens (tertiary/aromatic N) is 3. The van der Waals surface area contributed by atoms with Gasteiger partial charge in [-0.05, 0) is 6.92 Å². The SMILES string of the molecule is COC(=O)c1nc(C)c(Cl)nc1C#N. The molecule has 0 saturated carbocycles. The molecule has 0 aliphatic rings. The van der Waals surface area contributed by atoms with Gasteiger partial charge in [-0.1, -0.05) is 11.6 Å². The molecule has 0 N–H and O–H groups in total. The quantitative estimate of drug-likeness (QED) is 0.650. The molecule has 0 fully saturated rings. The number of hydrogen-bond acceptors (Lipinski definition) is 5. The smallest absolute Gasteiger partial charge is 0.359 e. The number of rotatable bonds is 1. The molecule has 0 aromatic carbocycles. The van der Waals surface area contributed by atoms with Gasteiger partial charge in [-0.3, -0.25) is 0 Å². The predicted molar refractivity (Wildman–Crippen MR) is 47.8 cm³/mol. The highest BCUT2D eigenvalue weighted by atomic mass is 35.5. The normalized spacial score (nSPS) is 9.29.